The SMILES string of the molecule is COC(=O)NCc1ccc(C(=O)NCC(C)(C)C)cc1. The highest BCUT2D eigenvalue weighted by atomic mass is 16.5. The second-order valence-corrected chi connectivity index (χ2v) is 5.79. The summed E-state index contributed by atoms with van der Waals surface area (Å²) in [5, 5.41) is 5.47. The van der Waals surface area contributed by atoms with Crippen molar-refractivity contribution in [3.05, 3.63) is 35.4 Å². The van der Waals surface area contributed by atoms with E-state index in [2.05, 4.69) is 36.1 Å². The van der Waals surface area contributed by atoms with Gasteiger partial charge in [-0.3, -0.25) is 4.79 Å². The Morgan fingerprint density at radius 1 is 1.10 bits per heavy atom. The predicted molar refractivity (Wildman–Crippen MR) is 77.5 cm³/mol. The van der Waals surface area contributed by atoms with Gasteiger partial charge in [-0.2, -0.15) is 0 Å². The van der Waals surface area contributed by atoms with Gasteiger partial charge in [0.15, 0.2) is 0 Å². The molecular weight excluding hydrogens is 256 g/mol. The second kappa shape index (κ2) is 6.93. The number of rotatable bonds is 4. The molecule has 0 saturated heterocycles. The molecule has 5 heteroatoms. The van der Waals surface area contributed by atoms with Crippen LogP contribution in [-0.2, 0) is 11.3 Å². The van der Waals surface area contributed by atoms with Crippen LogP contribution >= 0.6 is 0 Å². The molecule has 0 radical (unpaired) electrons. The van der Waals surface area contributed by atoms with Crippen LogP contribution in [0.3, 0.4) is 0 Å². The minimum absolute atomic E-state index is 0.0556. The van der Waals surface area contributed by atoms with E-state index < -0.39 is 6.09 Å². The van der Waals surface area contributed by atoms with Gasteiger partial charge in [-0.15, -0.1) is 0 Å². The molecule has 0 aromatic heterocycles. The fourth-order valence-electron chi connectivity index (χ4n) is 1.47. The van der Waals surface area contributed by atoms with E-state index in [0.29, 0.717) is 18.7 Å². The van der Waals surface area contributed by atoms with Gasteiger partial charge in [0.05, 0.1) is 7.11 Å². The van der Waals surface area contributed by atoms with Crippen molar-refractivity contribution in [1.29, 1.82) is 0 Å². The van der Waals surface area contributed by atoms with E-state index in [4.69, 9.17) is 0 Å². The maximum Gasteiger partial charge on any atom is 0.407 e. The van der Waals surface area contributed by atoms with Crippen LogP contribution in [0.4, 0.5) is 4.79 Å². The summed E-state index contributed by atoms with van der Waals surface area (Å²) < 4.78 is 4.48. The molecule has 0 unspecified atom stereocenters. The minimum atomic E-state index is -0.475. The van der Waals surface area contributed by atoms with Crippen LogP contribution in [0.15, 0.2) is 24.3 Å². The van der Waals surface area contributed by atoms with Gasteiger partial charge in [0.25, 0.3) is 5.91 Å². The Labute approximate surface area is 119 Å². The van der Waals surface area contributed by atoms with Gasteiger partial charge in [0.2, 0.25) is 0 Å². The maximum absolute atomic E-state index is 11.9. The van der Waals surface area contributed by atoms with Crippen molar-refractivity contribution in [1.82, 2.24) is 10.6 Å². The molecule has 2 amide bonds. The lowest BCUT2D eigenvalue weighted by Crippen LogP contribution is -2.32. The van der Waals surface area contributed by atoms with Crippen LogP contribution in [0, 0.1) is 5.41 Å². The van der Waals surface area contributed by atoms with E-state index >= 15 is 0 Å². The van der Waals surface area contributed by atoms with E-state index in [1.807, 2.05) is 12.1 Å². The quantitative estimate of drug-likeness (QED) is 0.888. The van der Waals surface area contributed by atoms with Gasteiger partial charge in [-0.25, -0.2) is 4.79 Å². The van der Waals surface area contributed by atoms with Crippen LogP contribution in [0.2, 0.25) is 0 Å². The van der Waals surface area contributed by atoms with Crippen molar-refractivity contribution in [3.63, 3.8) is 0 Å². The molecule has 0 bridgehead atoms. The number of hydrogen-bond acceptors (Lipinski definition) is 3. The molecule has 0 saturated carbocycles. The zero-order chi connectivity index (χ0) is 15.2. The smallest absolute Gasteiger partial charge is 0.407 e. The Balaban J connectivity index is 2.53. The highest BCUT2D eigenvalue weighted by molar-refractivity contribution is 5.94. The van der Waals surface area contributed by atoms with Gasteiger partial charge in [-0.05, 0) is 23.1 Å². The Morgan fingerprint density at radius 3 is 2.20 bits per heavy atom. The number of hydrogen-bond donors (Lipinski definition) is 2. The van der Waals surface area contributed by atoms with Gasteiger partial charge < -0.3 is 15.4 Å². The van der Waals surface area contributed by atoms with Crippen molar-refractivity contribution >= 4 is 12.0 Å². The third-order valence-electron chi connectivity index (χ3n) is 2.62. The van der Waals surface area contributed by atoms with Crippen LogP contribution in [0.5, 0.6) is 0 Å². The predicted octanol–water partition coefficient (Wildman–Crippen LogP) is 2.32. The summed E-state index contributed by atoms with van der Waals surface area (Å²) in [7, 11) is 1.32. The standard InChI is InChI=1S/C15H22N2O3/c1-15(2,3)10-17-13(18)12-7-5-11(6-8-12)9-16-14(19)20-4/h5-8H,9-10H2,1-4H3,(H,16,19)(H,17,18). The number of ether oxygens (including phenoxy) is 1. The summed E-state index contributed by atoms with van der Waals surface area (Å²) in [6.07, 6.45) is -0.475. The molecule has 20 heavy (non-hydrogen) atoms. The van der Waals surface area contributed by atoms with E-state index in [9.17, 15) is 9.59 Å². The molecule has 0 fully saturated rings. The number of carbonyl (C=O) groups is 2. The van der Waals surface area contributed by atoms with Crippen molar-refractivity contribution in [2.24, 2.45) is 5.41 Å². The van der Waals surface area contributed by atoms with Gasteiger partial charge in [0, 0.05) is 18.7 Å². The Morgan fingerprint density at radius 2 is 1.70 bits per heavy atom. The highest BCUT2D eigenvalue weighted by Crippen LogP contribution is 2.11. The fraction of sp³-hybridized carbons (Fsp3) is 0.467. The zero-order valence-corrected chi connectivity index (χ0v) is 12.4. The molecule has 1 aromatic carbocycles. The van der Waals surface area contributed by atoms with E-state index in [1.165, 1.54) is 7.11 Å². The van der Waals surface area contributed by atoms with Gasteiger partial charge >= 0.3 is 6.09 Å². The lowest BCUT2D eigenvalue weighted by Gasteiger charge is -2.18. The number of amides is 2. The normalized spacial score (nSPS) is 10.8. The van der Waals surface area contributed by atoms with Gasteiger partial charge in [-0.1, -0.05) is 32.9 Å². The average Bonchev–Trinajstić information content (AvgIpc) is 2.41. The minimum Gasteiger partial charge on any atom is -0.453 e. The van der Waals surface area contributed by atoms with Crippen molar-refractivity contribution < 1.29 is 14.3 Å². The lowest BCUT2D eigenvalue weighted by molar-refractivity contribution is 0.0939. The number of alkyl carbamates (subject to hydrolysis) is 1. The van der Waals surface area contributed by atoms with Crippen LogP contribution in [0.1, 0.15) is 36.7 Å². The first-order valence-electron chi connectivity index (χ1n) is 6.51. The third-order valence-corrected chi connectivity index (χ3v) is 2.62. The number of nitrogens with one attached hydrogen (secondary N) is 2. The van der Waals surface area contributed by atoms with E-state index in [-0.39, 0.29) is 11.3 Å². The molecule has 0 aliphatic rings. The fourth-order valence-corrected chi connectivity index (χ4v) is 1.47. The Kier molecular flexibility index (Phi) is 5.55. The van der Waals surface area contributed by atoms with Crippen molar-refractivity contribution in [2.45, 2.75) is 27.3 Å². The molecule has 2 N–H and O–H groups in total. The molecule has 0 spiro atoms. The monoisotopic (exact) mass is 278 g/mol. The average molecular weight is 278 g/mol. The molecule has 110 valence electrons. The van der Waals surface area contributed by atoms with Crippen LogP contribution < -0.4 is 10.6 Å². The summed E-state index contributed by atoms with van der Waals surface area (Å²) in [6.45, 7) is 7.19. The Bertz CT molecular complexity index is 461. The number of benzene rings is 1. The molecule has 0 aliphatic carbocycles. The first-order chi connectivity index (χ1) is 9.31. The molecular formula is C15H22N2O3. The Hall–Kier alpha value is -2.04. The molecule has 0 atom stereocenters. The number of methoxy groups -OCH3 is 1. The summed E-state index contributed by atoms with van der Waals surface area (Å²) >= 11 is 0. The maximum atomic E-state index is 11.9. The zero-order valence-electron chi connectivity index (χ0n) is 12.4. The largest absolute Gasteiger partial charge is 0.453 e. The molecule has 5 nitrogen and oxygen atoms in total. The highest BCUT2D eigenvalue weighted by Gasteiger charge is 2.12. The van der Waals surface area contributed by atoms with E-state index in [0.717, 1.165) is 5.56 Å². The first kappa shape index (κ1) is 16.0. The molecule has 0 aliphatic heterocycles. The summed E-state index contributed by atoms with van der Waals surface area (Å²) in [6, 6.07) is 7.10. The topological polar surface area (TPSA) is 67.4 Å². The molecule has 0 heterocycles. The summed E-state index contributed by atoms with van der Waals surface area (Å²) in [5.74, 6) is -0.0904. The summed E-state index contributed by atoms with van der Waals surface area (Å²) in [5.41, 5.74) is 1.57. The van der Waals surface area contributed by atoms with Crippen molar-refractivity contribution in [2.75, 3.05) is 13.7 Å². The molecule has 1 rings (SSSR count). The number of carbonyl (C=O) groups excluding carboxylic acids is 2. The van der Waals surface area contributed by atoms with Crippen molar-refractivity contribution in [3.8, 4) is 0 Å². The third kappa shape index (κ3) is 5.73. The second-order valence-electron chi connectivity index (χ2n) is 5.79. The van der Waals surface area contributed by atoms with Crippen LogP contribution in [-0.4, -0.2) is 25.7 Å². The molecule has 1 aromatic rings. The van der Waals surface area contributed by atoms with Gasteiger partial charge in [0.1, 0.15) is 0 Å². The van der Waals surface area contributed by atoms with Crippen LogP contribution in [0.25, 0.3) is 0 Å². The lowest BCUT2D eigenvalue weighted by atomic mass is 9.97. The summed E-state index contributed by atoms with van der Waals surface area (Å²) in [4.78, 5) is 22.9. The first-order valence-corrected chi connectivity index (χ1v) is 6.51. The van der Waals surface area contributed by atoms with E-state index in [1.54, 1.807) is 12.1 Å².